The summed E-state index contributed by atoms with van der Waals surface area (Å²) < 4.78 is 0. The van der Waals surface area contributed by atoms with Crippen LogP contribution in [-0.2, 0) is 9.59 Å². The molecule has 1 aliphatic heterocycles. The van der Waals surface area contributed by atoms with Gasteiger partial charge in [-0.3, -0.25) is 9.59 Å². The Balaban J connectivity index is 2.06. The number of aliphatic hydroxyl groups excluding tert-OH is 1. The minimum absolute atomic E-state index is 0.104. The maximum atomic E-state index is 13.0. The molecule has 0 aliphatic carbocycles. The number of rotatable bonds is 8. The fourth-order valence-electron chi connectivity index (χ4n) is 4.10. The zero-order valence-electron chi connectivity index (χ0n) is 19.0. The Hall–Kier alpha value is -2.88. The SMILES string of the molecule is CCCCCCN1C(=O)C(=O)C(=C(O)c2ccc(C)cc2)[C@@H]1c1ccc(C(C)C)cc1. The van der Waals surface area contributed by atoms with Gasteiger partial charge in [-0.15, -0.1) is 0 Å². The molecule has 0 aromatic heterocycles. The molecular weight excluding hydrogens is 386 g/mol. The number of benzene rings is 2. The van der Waals surface area contributed by atoms with E-state index in [-0.39, 0.29) is 11.3 Å². The van der Waals surface area contributed by atoms with Crippen molar-refractivity contribution in [2.45, 2.75) is 65.3 Å². The number of carbonyl (C=O) groups excluding carboxylic acids is 2. The van der Waals surface area contributed by atoms with Gasteiger partial charge >= 0.3 is 0 Å². The second-order valence-electron chi connectivity index (χ2n) is 8.74. The summed E-state index contributed by atoms with van der Waals surface area (Å²) in [7, 11) is 0. The summed E-state index contributed by atoms with van der Waals surface area (Å²) in [6.45, 7) is 8.88. The number of amides is 1. The largest absolute Gasteiger partial charge is 0.507 e. The van der Waals surface area contributed by atoms with Crippen LogP contribution >= 0.6 is 0 Å². The van der Waals surface area contributed by atoms with Gasteiger partial charge in [0.2, 0.25) is 0 Å². The van der Waals surface area contributed by atoms with Gasteiger partial charge in [0.15, 0.2) is 0 Å². The van der Waals surface area contributed by atoms with E-state index in [9.17, 15) is 14.7 Å². The Morgan fingerprint density at radius 3 is 2.19 bits per heavy atom. The lowest BCUT2D eigenvalue weighted by molar-refractivity contribution is -0.139. The number of ketones is 1. The van der Waals surface area contributed by atoms with Crippen molar-refractivity contribution in [3.8, 4) is 0 Å². The molecule has 4 nitrogen and oxygen atoms in total. The molecule has 1 N–H and O–H groups in total. The molecule has 164 valence electrons. The van der Waals surface area contributed by atoms with Gasteiger partial charge in [-0.1, -0.05) is 94.1 Å². The van der Waals surface area contributed by atoms with E-state index in [1.807, 2.05) is 43.3 Å². The Kier molecular flexibility index (Phi) is 7.32. The van der Waals surface area contributed by atoms with Gasteiger partial charge in [0.25, 0.3) is 11.7 Å². The number of nitrogens with zero attached hydrogens (tertiary/aromatic N) is 1. The van der Waals surface area contributed by atoms with E-state index in [1.165, 1.54) is 5.56 Å². The average Bonchev–Trinajstić information content (AvgIpc) is 3.01. The summed E-state index contributed by atoms with van der Waals surface area (Å²) in [6.07, 6.45) is 4.05. The highest BCUT2D eigenvalue weighted by atomic mass is 16.3. The normalized spacial score (nSPS) is 18.2. The maximum absolute atomic E-state index is 13.0. The van der Waals surface area contributed by atoms with Crippen molar-refractivity contribution in [3.63, 3.8) is 0 Å². The number of Topliss-reactive ketones (excluding diaryl/α,β-unsaturated/α-hetero) is 1. The van der Waals surface area contributed by atoms with Gasteiger partial charge in [-0.2, -0.15) is 0 Å². The molecule has 31 heavy (non-hydrogen) atoms. The van der Waals surface area contributed by atoms with E-state index in [1.54, 1.807) is 17.0 Å². The van der Waals surface area contributed by atoms with Crippen LogP contribution in [0.4, 0.5) is 0 Å². The van der Waals surface area contributed by atoms with Crippen LogP contribution in [0.15, 0.2) is 54.1 Å². The lowest BCUT2D eigenvalue weighted by Gasteiger charge is -2.25. The first-order valence-corrected chi connectivity index (χ1v) is 11.3. The standard InChI is InChI=1S/C27H33NO3/c1-5-6-7-8-17-28-24(21-15-13-20(14-16-21)18(2)3)23(26(30)27(28)31)25(29)22-11-9-19(4)10-12-22/h9-16,18,24,29H,5-8,17H2,1-4H3/t24-/m0/s1. The van der Waals surface area contributed by atoms with Crippen LogP contribution in [-0.4, -0.2) is 28.2 Å². The Labute approximate surface area is 185 Å². The summed E-state index contributed by atoms with van der Waals surface area (Å²) in [5.41, 5.74) is 3.85. The van der Waals surface area contributed by atoms with Crippen molar-refractivity contribution < 1.29 is 14.7 Å². The first kappa shape index (κ1) is 22.8. The molecular formula is C27H33NO3. The van der Waals surface area contributed by atoms with Gasteiger partial charge in [-0.25, -0.2) is 0 Å². The molecule has 3 rings (SSSR count). The van der Waals surface area contributed by atoms with Crippen LogP contribution in [0, 0.1) is 6.92 Å². The second kappa shape index (κ2) is 9.95. The molecule has 2 aromatic rings. The topological polar surface area (TPSA) is 57.6 Å². The van der Waals surface area contributed by atoms with Gasteiger partial charge in [0, 0.05) is 12.1 Å². The highest BCUT2D eigenvalue weighted by Gasteiger charge is 2.45. The van der Waals surface area contributed by atoms with E-state index in [0.717, 1.165) is 36.8 Å². The molecule has 0 unspecified atom stereocenters. The number of hydrogen-bond donors (Lipinski definition) is 1. The van der Waals surface area contributed by atoms with Gasteiger partial charge in [0.1, 0.15) is 5.76 Å². The molecule has 1 saturated heterocycles. The third-order valence-electron chi connectivity index (χ3n) is 6.04. The Bertz CT molecular complexity index is 955. The van der Waals surface area contributed by atoms with Crippen molar-refractivity contribution in [2.24, 2.45) is 0 Å². The van der Waals surface area contributed by atoms with Crippen LogP contribution < -0.4 is 0 Å². The molecule has 1 heterocycles. The van der Waals surface area contributed by atoms with Crippen molar-refractivity contribution in [1.29, 1.82) is 0 Å². The lowest BCUT2D eigenvalue weighted by Crippen LogP contribution is -2.30. The van der Waals surface area contributed by atoms with Crippen molar-refractivity contribution >= 4 is 17.4 Å². The van der Waals surface area contributed by atoms with Crippen LogP contribution in [0.3, 0.4) is 0 Å². The summed E-state index contributed by atoms with van der Waals surface area (Å²) in [6, 6.07) is 14.8. The minimum Gasteiger partial charge on any atom is -0.507 e. The van der Waals surface area contributed by atoms with E-state index < -0.39 is 17.7 Å². The molecule has 0 radical (unpaired) electrons. The summed E-state index contributed by atoms with van der Waals surface area (Å²) in [5.74, 6) is -0.844. The first-order chi connectivity index (χ1) is 14.8. The fraction of sp³-hybridized carbons (Fsp3) is 0.407. The summed E-state index contributed by atoms with van der Waals surface area (Å²) in [4.78, 5) is 27.6. The zero-order valence-corrected chi connectivity index (χ0v) is 19.0. The molecule has 1 fully saturated rings. The van der Waals surface area contributed by atoms with Crippen LogP contribution in [0.2, 0.25) is 0 Å². The number of unbranched alkanes of at least 4 members (excludes halogenated alkanes) is 3. The number of likely N-dealkylation sites (tertiary alicyclic amines) is 1. The monoisotopic (exact) mass is 419 g/mol. The molecule has 2 aromatic carbocycles. The molecule has 0 bridgehead atoms. The molecule has 1 amide bonds. The lowest BCUT2D eigenvalue weighted by atomic mass is 9.93. The van der Waals surface area contributed by atoms with Crippen LogP contribution in [0.1, 0.15) is 80.7 Å². The van der Waals surface area contributed by atoms with Crippen LogP contribution in [0.25, 0.3) is 5.76 Å². The van der Waals surface area contributed by atoms with Crippen molar-refractivity contribution in [2.75, 3.05) is 6.54 Å². The number of aliphatic hydroxyl groups is 1. The summed E-state index contributed by atoms with van der Waals surface area (Å²) in [5, 5.41) is 11.1. The predicted molar refractivity (Wildman–Crippen MR) is 125 cm³/mol. The zero-order chi connectivity index (χ0) is 22.5. The van der Waals surface area contributed by atoms with Crippen LogP contribution in [0.5, 0.6) is 0 Å². The predicted octanol–water partition coefficient (Wildman–Crippen LogP) is 6.12. The molecule has 4 heteroatoms. The van der Waals surface area contributed by atoms with Gasteiger partial charge in [0.05, 0.1) is 11.6 Å². The molecule has 1 aliphatic rings. The number of aryl methyl sites for hydroxylation is 1. The molecule has 0 spiro atoms. The summed E-state index contributed by atoms with van der Waals surface area (Å²) >= 11 is 0. The van der Waals surface area contributed by atoms with E-state index in [0.29, 0.717) is 18.0 Å². The molecule has 0 saturated carbocycles. The van der Waals surface area contributed by atoms with Crippen molar-refractivity contribution in [3.05, 3.63) is 76.4 Å². The highest BCUT2D eigenvalue weighted by Crippen LogP contribution is 2.40. The van der Waals surface area contributed by atoms with Crippen molar-refractivity contribution in [1.82, 2.24) is 4.90 Å². The first-order valence-electron chi connectivity index (χ1n) is 11.3. The number of hydrogen-bond acceptors (Lipinski definition) is 3. The molecule has 1 atom stereocenters. The quantitative estimate of drug-likeness (QED) is 0.243. The Morgan fingerprint density at radius 2 is 1.61 bits per heavy atom. The average molecular weight is 420 g/mol. The Morgan fingerprint density at radius 1 is 0.968 bits per heavy atom. The fourth-order valence-corrected chi connectivity index (χ4v) is 4.10. The van der Waals surface area contributed by atoms with E-state index in [4.69, 9.17) is 0 Å². The maximum Gasteiger partial charge on any atom is 0.295 e. The van der Waals surface area contributed by atoms with Gasteiger partial charge in [-0.05, 0) is 30.4 Å². The minimum atomic E-state index is -0.605. The highest BCUT2D eigenvalue weighted by molar-refractivity contribution is 6.46. The van der Waals surface area contributed by atoms with E-state index >= 15 is 0 Å². The van der Waals surface area contributed by atoms with Gasteiger partial charge < -0.3 is 10.0 Å². The van der Waals surface area contributed by atoms with E-state index in [2.05, 4.69) is 20.8 Å². The third kappa shape index (κ3) is 4.90. The smallest absolute Gasteiger partial charge is 0.295 e. The number of carbonyl (C=O) groups is 2. The third-order valence-corrected chi connectivity index (χ3v) is 6.04. The second-order valence-corrected chi connectivity index (χ2v) is 8.74.